The molecule has 0 spiro atoms. The van der Waals surface area contributed by atoms with Crippen LogP contribution in [0.1, 0.15) is 13.3 Å². The van der Waals surface area contributed by atoms with Gasteiger partial charge in [-0.2, -0.15) is 11.8 Å². The molecule has 1 heterocycles. The predicted octanol–water partition coefficient (Wildman–Crippen LogP) is 3.13. The second-order valence-electron chi connectivity index (χ2n) is 3.73. The molecule has 1 aromatic carbocycles. The van der Waals surface area contributed by atoms with Crippen LogP contribution in [0.5, 0.6) is 0 Å². The van der Waals surface area contributed by atoms with E-state index in [-0.39, 0.29) is 5.82 Å². The fraction of sp³-hybridized carbons (Fsp3) is 0.455. The number of benzene rings is 1. The molecule has 0 bridgehead atoms. The molecule has 2 rings (SSSR count). The molecule has 1 fully saturated rings. The lowest BCUT2D eigenvalue weighted by Gasteiger charge is -2.12. The summed E-state index contributed by atoms with van der Waals surface area (Å²) in [5, 5.41) is 4.07. The highest BCUT2D eigenvalue weighted by Crippen LogP contribution is 2.28. The lowest BCUT2D eigenvalue weighted by atomic mass is 10.2. The maximum atomic E-state index is 12.9. The first-order valence-corrected chi connectivity index (χ1v) is 5.92. The first-order valence-electron chi connectivity index (χ1n) is 4.88. The first-order chi connectivity index (χ1) is 6.74. The van der Waals surface area contributed by atoms with Crippen LogP contribution in [0.4, 0.5) is 10.1 Å². The number of nitrogens with one attached hydrogen (secondary N) is 1. The SMILES string of the molecule is CC1CC(Nc2cccc(F)c2)CS1. The number of hydrogen-bond acceptors (Lipinski definition) is 2. The first kappa shape index (κ1) is 9.84. The van der Waals surface area contributed by atoms with Gasteiger partial charge in [-0.1, -0.05) is 13.0 Å². The van der Waals surface area contributed by atoms with Gasteiger partial charge in [0.2, 0.25) is 0 Å². The largest absolute Gasteiger partial charge is 0.381 e. The van der Waals surface area contributed by atoms with E-state index in [2.05, 4.69) is 12.2 Å². The normalized spacial score (nSPS) is 26.4. The summed E-state index contributed by atoms with van der Waals surface area (Å²) in [6, 6.07) is 7.17. The minimum atomic E-state index is -0.173. The van der Waals surface area contributed by atoms with Crippen LogP contribution in [-0.4, -0.2) is 17.0 Å². The number of thioether (sulfide) groups is 1. The van der Waals surface area contributed by atoms with Crippen molar-refractivity contribution in [2.75, 3.05) is 11.1 Å². The van der Waals surface area contributed by atoms with E-state index in [1.54, 1.807) is 12.1 Å². The zero-order chi connectivity index (χ0) is 9.97. The highest BCUT2D eigenvalue weighted by molar-refractivity contribution is 8.00. The fourth-order valence-electron chi connectivity index (χ4n) is 1.73. The van der Waals surface area contributed by atoms with E-state index in [4.69, 9.17) is 0 Å². The van der Waals surface area contributed by atoms with Gasteiger partial charge in [0.05, 0.1) is 0 Å². The van der Waals surface area contributed by atoms with Crippen molar-refractivity contribution >= 4 is 17.4 Å². The van der Waals surface area contributed by atoms with Crippen molar-refractivity contribution in [3.63, 3.8) is 0 Å². The van der Waals surface area contributed by atoms with E-state index in [9.17, 15) is 4.39 Å². The van der Waals surface area contributed by atoms with Crippen molar-refractivity contribution in [3.05, 3.63) is 30.1 Å². The van der Waals surface area contributed by atoms with Gasteiger partial charge in [-0.3, -0.25) is 0 Å². The Hall–Kier alpha value is -0.700. The van der Waals surface area contributed by atoms with E-state index in [1.807, 2.05) is 17.8 Å². The molecular weight excluding hydrogens is 197 g/mol. The van der Waals surface area contributed by atoms with Crippen LogP contribution in [0.15, 0.2) is 24.3 Å². The van der Waals surface area contributed by atoms with Crippen LogP contribution in [0, 0.1) is 5.82 Å². The summed E-state index contributed by atoms with van der Waals surface area (Å²) < 4.78 is 12.9. The summed E-state index contributed by atoms with van der Waals surface area (Å²) in [5.74, 6) is 0.950. The molecule has 2 unspecified atom stereocenters. The maximum Gasteiger partial charge on any atom is 0.125 e. The van der Waals surface area contributed by atoms with Crippen LogP contribution in [0.3, 0.4) is 0 Å². The standard InChI is InChI=1S/C11H14FNS/c1-8-5-11(7-14-8)13-10-4-2-3-9(12)6-10/h2-4,6,8,11,13H,5,7H2,1H3. The zero-order valence-electron chi connectivity index (χ0n) is 8.16. The molecule has 3 heteroatoms. The average Bonchev–Trinajstić information content (AvgIpc) is 2.51. The van der Waals surface area contributed by atoms with Gasteiger partial charge in [0.1, 0.15) is 5.82 Å². The van der Waals surface area contributed by atoms with Gasteiger partial charge >= 0.3 is 0 Å². The van der Waals surface area contributed by atoms with Gasteiger partial charge in [0.25, 0.3) is 0 Å². The monoisotopic (exact) mass is 211 g/mol. The van der Waals surface area contributed by atoms with Crippen molar-refractivity contribution < 1.29 is 4.39 Å². The Morgan fingerprint density at radius 2 is 2.36 bits per heavy atom. The Kier molecular flexibility index (Phi) is 2.96. The number of halogens is 1. The van der Waals surface area contributed by atoms with E-state index in [0.29, 0.717) is 6.04 Å². The lowest BCUT2D eigenvalue weighted by Crippen LogP contribution is -2.18. The van der Waals surface area contributed by atoms with Gasteiger partial charge in [0, 0.05) is 22.7 Å². The van der Waals surface area contributed by atoms with Crippen LogP contribution >= 0.6 is 11.8 Å². The van der Waals surface area contributed by atoms with Crippen molar-refractivity contribution in [1.29, 1.82) is 0 Å². The number of rotatable bonds is 2. The molecule has 1 aliphatic rings. The molecule has 1 N–H and O–H groups in total. The molecule has 2 atom stereocenters. The Morgan fingerprint density at radius 1 is 1.50 bits per heavy atom. The molecule has 1 aliphatic heterocycles. The van der Waals surface area contributed by atoms with Gasteiger partial charge in [-0.05, 0) is 24.6 Å². The van der Waals surface area contributed by atoms with E-state index >= 15 is 0 Å². The summed E-state index contributed by atoms with van der Waals surface area (Å²) in [4.78, 5) is 0. The van der Waals surface area contributed by atoms with Gasteiger partial charge < -0.3 is 5.32 Å². The summed E-state index contributed by atoms with van der Waals surface area (Å²) in [7, 11) is 0. The average molecular weight is 211 g/mol. The van der Waals surface area contributed by atoms with Gasteiger partial charge in [0.15, 0.2) is 0 Å². The summed E-state index contributed by atoms with van der Waals surface area (Å²) in [6.45, 7) is 2.23. The third kappa shape index (κ3) is 2.41. The molecule has 0 aliphatic carbocycles. The topological polar surface area (TPSA) is 12.0 Å². The second kappa shape index (κ2) is 4.22. The van der Waals surface area contributed by atoms with E-state index < -0.39 is 0 Å². The zero-order valence-corrected chi connectivity index (χ0v) is 8.98. The van der Waals surface area contributed by atoms with Crippen LogP contribution in [0.2, 0.25) is 0 Å². The van der Waals surface area contributed by atoms with Gasteiger partial charge in [-0.25, -0.2) is 4.39 Å². The van der Waals surface area contributed by atoms with Crippen molar-refractivity contribution in [2.24, 2.45) is 0 Å². The Balaban J connectivity index is 1.97. The second-order valence-corrected chi connectivity index (χ2v) is 5.20. The third-order valence-corrected chi connectivity index (χ3v) is 3.75. The third-order valence-electron chi connectivity index (χ3n) is 2.39. The van der Waals surface area contributed by atoms with Crippen molar-refractivity contribution in [3.8, 4) is 0 Å². The smallest absolute Gasteiger partial charge is 0.125 e. The number of anilines is 1. The summed E-state index contributed by atoms with van der Waals surface area (Å²) >= 11 is 1.97. The fourth-order valence-corrected chi connectivity index (χ4v) is 2.88. The maximum absolute atomic E-state index is 12.9. The molecule has 1 saturated heterocycles. The minimum Gasteiger partial charge on any atom is -0.381 e. The molecule has 76 valence electrons. The molecular formula is C11H14FNS. The molecule has 0 amide bonds. The van der Waals surface area contributed by atoms with E-state index in [1.165, 1.54) is 12.5 Å². The molecule has 1 nitrogen and oxygen atoms in total. The predicted molar refractivity (Wildman–Crippen MR) is 60.3 cm³/mol. The Bertz CT molecular complexity index is 316. The lowest BCUT2D eigenvalue weighted by molar-refractivity contribution is 0.627. The van der Waals surface area contributed by atoms with Crippen LogP contribution in [0.25, 0.3) is 0 Å². The van der Waals surface area contributed by atoms with E-state index in [0.717, 1.165) is 16.7 Å². The van der Waals surface area contributed by atoms with Crippen molar-refractivity contribution in [1.82, 2.24) is 0 Å². The van der Waals surface area contributed by atoms with Crippen LogP contribution in [-0.2, 0) is 0 Å². The molecule has 0 aromatic heterocycles. The van der Waals surface area contributed by atoms with Crippen molar-refractivity contribution in [2.45, 2.75) is 24.6 Å². The molecule has 0 radical (unpaired) electrons. The molecule has 1 aromatic rings. The quantitative estimate of drug-likeness (QED) is 0.806. The highest BCUT2D eigenvalue weighted by Gasteiger charge is 2.21. The molecule has 0 saturated carbocycles. The summed E-state index contributed by atoms with van der Waals surface area (Å²) in [6.07, 6.45) is 1.17. The highest BCUT2D eigenvalue weighted by atomic mass is 32.2. The van der Waals surface area contributed by atoms with Gasteiger partial charge in [-0.15, -0.1) is 0 Å². The minimum absolute atomic E-state index is 0.173. The number of hydrogen-bond donors (Lipinski definition) is 1. The molecule has 14 heavy (non-hydrogen) atoms. The van der Waals surface area contributed by atoms with Crippen LogP contribution < -0.4 is 5.32 Å². The Morgan fingerprint density at radius 3 is 3.00 bits per heavy atom. The Labute approximate surface area is 88.1 Å². The summed E-state index contributed by atoms with van der Waals surface area (Å²) in [5.41, 5.74) is 0.893.